The van der Waals surface area contributed by atoms with E-state index in [9.17, 15) is 30.7 Å². The summed E-state index contributed by atoms with van der Waals surface area (Å²) in [7, 11) is 0. The molecule has 15 heavy (non-hydrogen) atoms. The third-order valence-corrected chi connectivity index (χ3v) is 1.75. The van der Waals surface area contributed by atoms with Gasteiger partial charge in [-0.25, -0.2) is 0 Å². The standard InChI is InChI=1S/C5H3Cl2F7O/c1-2(8,9)5(13,14)15-4(7,12)3(6,10)11/h1H3. The lowest BCUT2D eigenvalue weighted by Gasteiger charge is -2.30. The van der Waals surface area contributed by atoms with E-state index in [1.165, 1.54) is 0 Å². The van der Waals surface area contributed by atoms with E-state index >= 15 is 0 Å². The summed E-state index contributed by atoms with van der Waals surface area (Å²) in [6.45, 7) is -0.369. The van der Waals surface area contributed by atoms with Crippen molar-refractivity contribution in [3.8, 4) is 0 Å². The summed E-state index contributed by atoms with van der Waals surface area (Å²) in [5, 5.41) is -10.0. The van der Waals surface area contributed by atoms with Gasteiger partial charge in [0, 0.05) is 6.92 Å². The van der Waals surface area contributed by atoms with Gasteiger partial charge in [-0.15, -0.1) is 0 Å². The number of alkyl halides is 9. The van der Waals surface area contributed by atoms with Crippen LogP contribution in [0.1, 0.15) is 6.92 Å². The zero-order valence-corrected chi connectivity index (χ0v) is 8.32. The van der Waals surface area contributed by atoms with E-state index in [-0.39, 0.29) is 6.92 Å². The van der Waals surface area contributed by atoms with Gasteiger partial charge in [-0.3, -0.25) is 4.74 Å². The number of ether oxygens (including phenoxy) is 1. The predicted molar refractivity (Wildman–Crippen MR) is 37.1 cm³/mol. The molecule has 0 amide bonds. The van der Waals surface area contributed by atoms with Crippen LogP contribution < -0.4 is 0 Å². The summed E-state index contributed by atoms with van der Waals surface area (Å²) in [6, 6.07) is 0. The molecule has 10 heteroatoms. The molecule has 0 aromatic rings. The van der Waals surface area contributed by atoms with Gasteiger partial charge in [0.1, 0.15) is 0 Å². The van der Waals surface area contributed by atoms with Crippen molar-refractivity contribution in [1.29, 1.82) is 0 Å². The Balaban J connectivity index is 4.89. The van der Waals surface area contributed by atoms with Crippen LogP contribution in [0.15, 0.2) is 0 Å². The normalized spacial score (nSPS) is 18.8. The van der Waals surface area contributed by atoms with Gasteiger partial charge in [0.25, 0.3) is 0 Å². The molecule has 0 saturated heterocycles. The van der Waals surface area contributed by atoms with Crippen molar-refractivity contribution in [3.63, 3.8) is 0 Å². The van der Waals surface area contributed by atoms with Crippen molar-refractivity contribution in [2.75, 3.05) is 0 Å². The molecule has 0 aliphatic heterocycles. The zero-order chi connectivity index (χ0) is 12.7. The monoisotopic (exact) mass is 282 g/mol. The molecule has 0 radical (unpaired) electrons. The van der Waals surface area contributed by atoms with Crippen LogP contribution in [0.25, 0.3) is 0 Å². The third kappa shape index (κ3) is 3.53. The molecule has 1 atom stereocenters. The van der Waals surface area contributed by atoms with Crippen LogP contribution in [-0.2, 0) is 4.74 Å². The van der Waals surface area contributed by atoms with Crippen molar-refractivity contribution >= 4 is 23.2 Å². The molecule has 0 saturated carbocycles. The van der Waals surface area contributed by atoms with Crippen LogP contribution in [0.2, 0.25) is 0 Å². The first-order valence-corrected chi connectivity index (χ1v) is 3.87. The summed E-state index contributed by atoms with van der Waals surface area (Å²) in [5.41, 5.74) is 0. The lowest BCUT2D eigenvalue weighted by Crippen LogP contribution is -2.49. The van der Waals surface area contributed by atoms with Crippen molar-refractivity contribution in [1.82, 2.24) is 0 Å². The minimum atomic E-state index is -5.53. The number of halogens is 9. The summed E-state index contributed by atoms with van der Waals surface area (Å²) >= 11 is 8.06. The molecule has 0 aromatic carbocycles. The number of hydrogen-bond acceptors (Lipinski definition) is 1. The van der Waals surface area contributed by atoms with Gasteiger partial charge in [0.05, 0.1) is 0 Å². The average molecular weight is 283 g/mol. The van der Waals surface area contributed by atoms with E-state index < -0.39 is 22.7 Å². The van der Waals surface area contributed by atoms with E-state index in [1.54, 1.807) is 0 Å². The maximum atomic E-state index is 12.5. The molecule has 0 fully saturated rings. The Kier molecular flexibility index (Phi) is 3.83. The molecule has 0 aromatic heterocycles. The van der Waals surface area contributed by atoms with Crippen LogP contribution in [-0.4, -0.2) is 22.7 Å². The second-order valence-electron chi connectivity index (χ2n) is 2.52. The maximum absolute atomic E-state index is 12.5. The lowest BCUT2D eigenvalue weighted by molar-refractivity contribution is -0.398. The summed E-state index contributed by atoms with van der Waals surface area (Å²) in [6.07, 6.45) is -5.53. The van der Waals surface area contributed by atoms with Crippen LogP contribution in [0, 0.1) is 0 Å². The first-order chi connectivity index (χ1) is 6.21. The lowest BCUT2D eigenvalue weighted by atomic mass is 10.3. The fraction of sp³-hybridized carbons (Fsp3) is 1.00. The van der Waals surface area contributed by atoms with Gasteiger partial charge >= 0.3 is 22.7 Å². The molecule has 0 spiro atoms. The van der Waals surface area contributed by atoms with Crippen LogP contribution in [0.3, 0.4) is 0 Å². The fourth-order valence-corrected chi connectivity index (χ4v) is 0.444. The SMILES string of the molecule is CC(F)(F)C(F)(F)OC(F)(Cl)C(F)(F)Cl. The summed E-state index contributed by atoms with van der Waals surface area (Å²) in [4.78, 5) is 0. The van der Waals surface area contributed by atoms with Crippen LogP contribution in [0.5, 0.6) is 0 Å². The molecule has 0 aliphatic rings. The zero-order valence-electron chi connectivity index (χ0n) is 6.81. The molecule has 0 bridgehead atoms. The quantitative estimate of drug-likeness (QED) is 0.560. The minimum Gasteiger partial charge on any atom is -0.258 e. The van der Waals surface area contributed by atoms with E-state index in [0.717, 1.165) is 0 Å². The Bertz CT molecular complexity index is 207. The van der Waals surface area contributed by atoms with Gasteiger partial charge < -0.3 is 0 Å². The van der Waals surface area contributed by atoms with Gasteiger partial charge in [-0.1, -0.05) is 0 Å². The van der Waals surface area contributed by atoms with Crippen LogP contribution in [0.4, 0.5) is 30.7 Å². The highest BCUT2D eigenvalue weighted by Crippen LogP contribution is 2.47. The van der Waals surface area contributed by atoms with Crippen molar-refractivity contribution in [2.24, 2.45) is 0 Å². The van der Waals surface area contributed by atoms with Gasteiger partial charge in [0.2, 0.25) is 0 Å². The molecule has 92 valence electrons. The number of hydrogen-bond donors (Lipinski definition) is 0. The highest BCUT2D eigenvalue weighted by Gasteiger charge is 2.65. The van der Waals surface area contributed by atoms with Gasteiger partial charge in [-0.05, 0) is 23.2 Å². The molecule has 1 nitrogen and oxygen atoms in total. The molecular weight excluding hydrogens is 280 g/mol. The Morgan fingerprint density at radius 3 is 1.40 bits per heavy atom. The Hall–Kier alpha value is 0.0500. The smallest absolute Gasteiger partial charge is 0.258 e. The fourth-order valence-electron chi connectivity index (χ4n) is 0.308. The first kappa shape index (κ1) is 15.0. The van der Waals surface area contributed by atoms with Crippen molar-refractivity contribution < 1.29 is 35.5 Å². The summed E-state index contributed by atoms with van der Waals surface area (Å²) in [5.74, 6) is -4.90. The highest BCUT2D eigenvalue weighted by molar-refractivity contribution is 6.31. The minimum absolute atomic E-state index is 0.369. The second-order valence-corrected chi connectivity index (χ2v) is 3.48. The maximum Gasteiger partial charge on any atom is 0.422 e. The topological polar surface area (TPSA) is 9.23 Å². The Labute approximate surface area is 89.1 Å². The second kappa shape index (κ2) is 3.81. The van der Waals surface area contributed by atoms with Gasteiger partial charge in [-0.2, -0.15) is 30.7 Å². The Morgan fingerprint density at radius 1 is 0.867 bits per heavy atom. The third-order valence-electron chi connectivity index (χ3n) is 1.10. The average Bonchev–Trinajstić information content (AvgIpc) is 1.77. The highest BCUT2D eigenvalue weighted by atomic mass is 35.5. The molecule has 0 N–H and O–H groups in total. The van der Waals surface area contributed by atoms with Gasteiger partial charge in [0.15, 0.2) is 0 Å². The largest absolute Gasteiger partial charge is 0.422 e. The van der Waals surface area contributed by atoms with E-state index in [4.69, 9.17) is 0 Å². The molecular formula is C5H3Cl2F7O. The summed E-state index contributed by atoms with van der Waals surface area (Å²) < 4.78 is 87.5. The molecule has 0 heterocycles. The molecule has 0 rings (SSSR count). The van der Waals surface area contributed by atoms with Crippen LogP contribution >= 0.6 is 23.2 Å². The van der Waals surface area contributed by atoms with Crippen molar-refractivity contribution in [3.05, 3.63) is 0 Å². The molecule has 0 aliphatic carbocycles. The Morgan fingerprint density at radius 2 is 1.20 bits per heavy atom. The molecule has 1 unspecified atom stereocenters. The number of rotatable bonds is 4. The first-order valence-electron chi connectivity index (χ1n) is 3.11. The van der Waals surface area contributed by atoms with Crippen molar-refractivity contribution in [2.45, 2.75) is 29.7 Å². The van der Waals surface area contributed by atoms with E-state index in [2.05, 4.69) is 27.9 Å². The predicted octanol–water partition coefficient (Wildman–Crippen LogP) is 3.94. The van der Waals surface area contributed by atoms with E-state index in [0.29, 0.717) is 0 Å². The van der Waals surface area contributed by atoms with E-state index in [1.807, 2.05) is 0 Å².